The van der Waals surface area contributed by atoms with Gasteiger partial charge in [0.2, 0.25) is 5.60 Å². The van der Waals surface area contributed by atoms with Crippen molar-refractivity contribution in [2.45, 2.75) is 25.0 Å². The Kier molecular flexibility index (Phi) is 3.37. The van der Waals surface area contributed by atoms with Gasteiger partial charge in [0.25, 0.3) is 5.91 Å². The monoisotopic (exact) mass is 289 g/mol. The standard InChI is InChI=1S/C15H15NO5/c17-12-6-11(7-15(21-12)9-16-14(15)19)13(18)20-8-10-4-2-1-3-5-10/h1-5,11H,6-9H2,(H,16,19)/t11-,15-/m1/s1. The first-order valence-corrected chi connectivity index (χ1v) is 6.80. The van der Waals surface area contributed by atoms with E-state index < -0.39 is 23.5 Å². The van der Waals surface area contributed by atoms with Crippen molar-refractivity contribution in [3.63, 3.8) is 0 Å². The molecule has 1 aromatic carbocycles. The second-order valence-corrected chi connectivity index (χ2v) is 5.35. The molecular formula is C15H15NO5. The van der Waals surface area contributed by atoms with Crippen molar-refractivity contribution in [1.82, 2.24) is 5.32 Å². The van der Waals surface area contributed by atoms with E-state index in [2.05, 4.69) is 5.32 Å². The number of hydrogen-bond acceptors (Lipinski definition) is 5. The number of β-lactam (4-membered cyclic amide) rings is 1. The molecule has 0 aromatic heterocycles. The molecule has 6 heteroatoms. The quantitative estimate of drug-likeness (QED) is 0.649. The molecule has 2 fully saturated rings. The maximum absolute atomic E-state index is 12.1. The number of carbonyl (C=O) groups is 3. The third-order valence-corrected chi connectivity index (χ3v) is 3.80. The van der Waals surface area contributed by atoms with Gasteiger partial charge in [-0.1, -0.05) is 30.3 Å². The van der Waals surface area contributed by atoms with Gasteiger partial charge in [0, 0.05) is 6.42 Å². The van der Waals surface area contributed by atoms with Crippen LogP contribution < -0.4 is 5.32 Å². The molecule has 6 nitrogen and oxygen atoms in total. The van der Waals surface area contributed by atoms with E-state index in [1.807, 2.05) is 30.3 Å². The normalized spacial score (nSPS) is 27.5. The smallest absolute Gasteiger partial charge is 0.310 e. The zero-order valence-corrected chi connectivity index (χ0v) is 11.3. The van der Waals surface area contributed by atoms with E-state index in [1.165, 1.54) is 0 Å². The molecule has 1 spiro atoms. The summed E-state index contributed by atoms with van der Waals surface area (Å²) in [4.78, 5) is 35.2. The van der Waals surface area contributed by atoms with E-state index in [4.69, 9.17) is 9.47 Å². The Labute approximate surface area is 121 Å². The van der Waals surface area contributed by atoms with Crippen molar-refractivity contribution in [3.05, 3.63) is 35.9 Å². The summed E-state index contributed by atoms with van der Waals surface area (Å²) in [6.07, 6.45) is 0.154. The molecule has 1 N–H and O–H groups in total. The number of hydrogen-bond donors (Lipinski definition) is 1. The van der Waals surface area contributed by atoms with Crippen LogP contribution in [0.4, 0.5) is 0 Å². The molecule has 2 aliphatic rings. The fourth-order valence-corrected chi connectivity index (χ4v) is 2.59. The Hall–Kier alpha value is -2.37. The molecule has 0 unspecified atom stereocenters. The first kappa shape index (κ1) is 13.6. The van der Waals surface area contributed by atoms with E-state index >= 15 is 0 Å². The first-order valence-electron chi connectivity index (χ1n) is 6.80. The Morgan fingerprint density at radius 2 is 2.10 bits per heavy atom. The van der Waals surface area contributed by atoms with Crippen LogP contribution in [0.3, 0.4) is 0 Å². The molecule has 0 radical (unpaired) electrons. The maximum atomic E-state index is 12.1. The number of amides is 1. The molecule has 1 amide bonds. The molecule has 3 rings (SSSR count). The van der Waals surface area contributed by atoms with E-state index in [1.54, 1.807) is 0 Å². The minimum atomic E-state index is -1.16. The van der Waals surface area contributed by atoms with Gasteiger partial charge in [-0.15, -0.1) is 0 Å². The Bertz CT molecular complexity index is 585. The van der Waals surface area contributed by atoms with E-state index in [9.17, 15) is 14.4 Å². The molecule has 2 saturated heterocycles. The number of nitrogens with one attached hydrogen (secondary N) is 1. The Balaban J connectivity index is 1.61. The maximum Gasteiger partial charge on any atom is 0.310 e. The van der Waals surface area contributed by atoms with Gasteiger partial charge in [-0.3, -0.25) is 14.4 Å². The third kappa shape index (κ3) is 2.61. The van der Waals surface area contributed by atoms with Gasteiger partial charge < -0.3 is 14.8 Å². The highest BCUT2D eigenvalue weighted by Gasteiger charge is 2.55. The molecule has 2 atom stereocenters. The van der Waals surface area contributed by atoms with Crippen LogP contribution in [-0.4, -0.2) is 30.0 Å². The Morgan fingerprint density at radius 3 is 2.71 bits per heavy atom. The molecule has 2 aliphatic heterocycles. The minimum absolute atomic E-state index is 0.0390. The van der Waals surface area contributed by atoms with Crippen LogP contribution in [0.15, 0.2) is 30.3 Å². The number of ether oxygens (including phenoxy) is 2. The fraction of sp³-hybridized carbons (Fsp3) is 0.400. The Morgan fingerprint density at radius 1 is 1.33 bits per heavy atom. The summed E-state index contributed by atoms with van der Waals surface area (Å²) >= 11 is 0. The van der Waals surface area contributed by atoms with Crippen LogP contribution in [-0.2, 0) is 30.5 Å². The molecule has 0 aliphatic carbocycles. The van der Waals surface area contributed by atoms with Gasteiger partial charge >= 0.3 is 11.9 Å². The van der Waals surface area contributed by atoms with Crippen LogP contribution in [0.1, 0.15) is 18.4 Å². The van der Waals surface area contributed by atoms with Gasteiger partial charge in [-0.2, -0.15) is 0 Å². The number of benzene rings is 1. The molecule has 1 aromatic rings. The second-order valence-electron chi connectivity index (χ2n) is 5.35. The average molecular weight is 289 g/mol. The van der Waals surface area contributed by atoms with Gasteiger partial charge in [0.1, 0.15) is 6.61 Å². The van der Waals surface area contributed by atoms with Crippen molar-refractivity contribution in [1.29, 1.82) is 0 Å². The van der Waals surface area contributed by atoms with Crippen LogP contribution in [0.5, 0.6) is 0 Å². The number of rotatable bonds is 3. The SMILES string of the molecule is O=C1C[C@@H](C(=O)OCc2ccccc2)C[C@]2(CNC2=O)O1. The topological polar surface area (TPSA) is 81.7 Å². The molecule has 110 valence electrons. The lowest BCUT2D eigenvalue weighted by molar-refractivity contribution is -0.192. The molecule has 2 heterocycles. The predicted octanol–water partition coefficient (Wildman–Crippen LogP) is 0.552. The van der Waals surface area contributed by atoms with Crippen LogP contribution in [0.2, 0.25) is 0 Å². The summed E-state index contributed by atoms with van der Waals surface area (Å²) < 4.78 is 10.3. The second kappa shape index (κ2) is 5.20. The van der Waals surface area contributed by atoms with Crippen molar-refractivity contribution in [2.24, 2.45) is 5.92 Å². The van der Waals surface area contributed by atoms with Crippen molar-refractivity contribution in [2.75, 3.05) is 6.54 Å². The van der Waals surface area contributed by atoms with Crippen LogP contribution in [0.25, 0.3) is 0 Å². The zero-order valence-electron chi connectivity index (χ0n) is 11.3. The van der Waals surface area contributed by atoms with Crippen LogP contribution >= 0.6 is 0 Å². The molecule has 21 heavy (non-hydrogen) atoms. The lowest BCUT2D eigenvalue weighted by atomic mass is 9.81. The fourth-order valence-electron chi connectivity index (χ4n) is 2.59. The van der Waals surface area contributed by atoms with Crippen molar-refractivity contribution in [3.8, 4) is 0 Å². The number of esters is 2. The average Bonchev–Trinajstić information content (AvgIpc) is 2.51. The number of carbonyl (C=O) groups excluding carboxylic acids is 3. The molecular weight excluding hydrogens is 274 g/mol. The summed E-state index contributed by atoms with van der Waals surface area (Å²) in [6, 6.07) is 9.29. The highest BCUT2D eigenvalue weighted by Crippen LogP contribution is 2.34. The van der Waals surface area contributed by atoms with E-state index in [-0.39, 0.29) is 31.9 Å². The van der Waals surface area contributed by atoms with Gasteiger partial charge in [0.15, 0.2) is 0 Å². The summed E-state index contributed by atoms with van der Waals surface area (Å²) in [5.41, 5.74) is -0.286. The minimum Gasteiger partial charge on any atom is -0.461 e. The van der Waals surface area contributed by atoms with Gasteiger partial charge in [0.05, 0.1) is 18.9 Å². The summed E-state index contributed by atoms with van der Waals surface area (Å²) in [5.74, 6) is -1.95. The van der Waals surface area contributed by atoms with E-state index in [0.717, 1.165) is 5.56 Å². The molecule has 0 bridgehead atoms. The highest BCUT2D eigenvalue weighted by atomic mass is 16.6. The first-order chi connectivity index (χ1) is 10.1. The van der Waals surface area contributed by atoms with Gasteiger partial charge in [-0.05, 0) is 5.56 Å². The summed E-state index contributed by atoms with van der Waals surface area (Å²) in [6.45, 7) is 0.421. The largest absolute Gasteiger partial charge is 0.461 e. The van der Waals surface area contributed by atoms with E-state index in [0.29, 0.717) is 0 Å². The molecule has 0 saturated carbocycles. The van der Waals surface area contributed by atoms with Gasteiger partial charge in [-0.25, -0.2) is 0 Å². The lowest BCUT2D eigenvalue weighted by Gasteiger charge is -2.44. The third-order valence-electron chi connectivity index (χ3n) is 3.80. The van der Waals surface area contributed by atoms with Crippen LogP contribution in [0, 0.1) is 5.92 Å². The highest BCUT2D eigenvalue weighted by molar-refractivity contribution is 5.96. The summed E-state index contributed by atoms with van der Waals surface area (Å²) in [7, 11) is 0. The summed E-state index contributed by atoms with van der Waals surface area (Å²) in [5, 5.41) is 2.54. The predicted molar refractivity (Wildman–Crippen MR) is 70.8 cm³/mol. The lowest BCUT2D eigenvalue weighted by Crippen LogP contribution is -2.69. The zero-order chi connectivity index (χ0) is 14.9. The van der Waals surface area contributed by atoms with Crippen molar-refractivity contribution >= 4 is 17.8 Å². The van der Waals surface area contributed by atoms with Crippen molar-refractivity contribution < 1.29 is 23.9 Å².